The van der Waals surface area contributed by atoms with E-state index in [-0.39, 0.29) is 5.91 Å². The van der Waals surface area contributed by atoms with Gasteiger partial charge in [0, 0.05) is 26.2 Å². The number of ether oxygens (including phenoxy) is 1. The number of hydrogen-bond acceptors (Lipinski definition) is 4. The predicted molar refractivity (Wildman–Crippen MR) is 88.0 cm³/mol. The van der Waals surface area contributed by atoms with Gasteiger partial charge in [-0.1, -0.05) is 12.1 Å². The molecule has 1 saturated heterocycles. The number of rotatable bonds is 6. The number of carbonyl (C=O) groups excluding carboxylic acids is 1. The quantitative estimate of drug-likeness (QED) is 0.859. The molecule has 0 bridgehead atoms. The van der Waals surface area contributed by atoms with Gasteiger partial charge in [-0.25, -0.2) is 0 Å². The minimum atomic E-state index is -0.447. The van der Waals surface area contributed by atoms with Crippen LogP contribution in [0.25, 0.3) is 0 Å². The number of nitrogens with zero attached hydrogens (tertiary/aromatic N) is 2. The molecule has 1 aliphatic heterocycles. The molecular formula is C17H27N3O2. The molecular weight excluding hydrogens is 278 g/mol. The summed E-state index contributed by atoms with van der Waals surface area (Å²) in [5, 5.41) is 0. The summed E-state index contributed by atoms with van der Waals surface area (Å²) in [5.74, 6) is 0.822. The maximum Gasteiger partial charge on any atom is 0.263 e. The van der Waals surface area contributed by atoms with Crippen LogP contribution in [0.5, 0.6) is 5.75 Å². The van der Waals surface area contributed by atoms with Gasteiger partial charge in [0.1, 0.15) is 5.75 Å². The van der Waals surface area contributed by atoms with Crippen LogP contribution in [-0.2, 0) is 4.79 Å². The minimum Gasteiger partial charge on any atom is -0.481 e. The van der Waals surface area contributed by atoms with Gasteiger partial charge in [0.15, 0.2) is 6.10 Å². The fraction of sp³-hybridized carbons (Fsp3) is 0.588. The molecule has 1 fully saturated rings. The third kappa shape index (κ3) is 4.71. The van der Waals surface area contributed by atoms with E-state index in [1.807, 2.05) is 43.0 Å². The summed E-state index contributed by atoms with van der Waals surface area (Å²) in [4.78, 5) is 16.7. The van der Waals surface area contributed by atoms with Crippen molar-refractivity contribution < 1.29 is 9.53 Å². The van der Waals surface area contributed by atoms with E-state index < -0.39 is 6.10 Å². The number of amides is 1. The second-order valence-corrected chi connectivity index (χ2v) is 5.89. The van der Waals surface area contributed by atoms with Crippen LogP contribution in [0.4, 0.5) is 0 Å². The van der Waals surface area contributed by atoms with E-state index in [1.165, 1.54) is 0 Å². The number of carbonyl (C=O) groups is 1. The Morgan fingerprint density at radius 1 is 1.32 bits per heavy atom. The van der Waals surface area contributed by atoms with Crippen LogP contribution in [0.15, 0.2) is 24.3 Å². The Morgan fingerprint density at radius 3 is 2.68 bits per heavy atom. The van der Waals surface area contributed by atoms with Crippen molar-refractivity contribution in [1.29, 1.82) is 0 Å². The highest BCUT2D eigenvalue weighted by molar-refractivity contribution is 5.81. The minimum absolute atomic E-state index is 0.0694. The second kappa shape index (κ2) is 8.15. The molecule has 22 heavy (non-hydrogen) atoms. The number of nitrogens with two attached hydrogens (primary N) is 1. The summed E-state index contributed by atoms with van der Waals surface area (Å²) in [5.41, 5.74) is 6.67. The highest BCUT2D eigenvalue weighted by Crippen LogP contribution is 2.15. The topological polar surface area (TPSA) is 58.8 Å². The van der Waals surface area contributed by atoms with Gasteiger partial charge in [-0.2, -0.15) is 0 Å². The Kier molecular flexibility index (Phi) is 6.21. The Hall–Kier alpha value is -1.59. The number of hydrogen-bond donors (Lipinski definition) is 1. The molecule has 1 aromatic rings. The van der Waals surface area contributed by atoms with Crippen LogP contribution in [0.1, 0.15) is 18.9 Å². The Balaban J connectivity index is 1.81. The zero-order chi connectivity index (χ0) is 15.9. The molecule has 2 N–H and O–H groups in total. The average Bonchev–Trinajstić information content (AvgIpc) is 2.52. The van der Waals surface area contributed by atoms with E-state index >= 15 is 0 Å². The summed E-state index contributed by atoms with van der Waals surface area (Å²) in [6, 6.07) is 7.80. The fourth-order valence-electron chi connectivity index (χ4n) is 2.71. The molecule has 0 saturated carbocycles. The summed E-state index contributed by atoms with van der Waals surface area (Å²) < 4.78 is 5.78. The van der Waals surface area contributed by atoms with E-state index in [0.717, 1.165) is 57.0 Å². The van der Waals surface area contributed by atoms with E-state index in [1.54, 1.807) is 0 Å². The average molecular weight is 305 g/mol. The molecule has 5 heteroatoms. The number of aryl methyl sites for hydroxylation is 1. The summed E-state index contributed by atoms with van der Waals surface area (Å²) in [6.07, 6.45) is 0.568. The van der Waals surface area contributed by atoms with Crippen molar-refractivity contribution in [2.45, 2.75) is 26.4 Å². The lowest BCUT2D eigenvalue weighted by Gasteiger charge is -2.35. The molecule has 122 valence electrons. The fourth-order valence-corrected chi connectivity index (χ4v) is 2.71. The molecule has 0 spiro atoms. The van der Waals surface area contributed by atoms with Crippen LogP contribution >= 0.6 is 0 Å². The lowest BCUT2D eigenvalue weighted by Crippen LogP contribution is -2.52. The maximum atomic E-state index is 12.5. The Morgan fingerprint density at radius 2 is 2.05 bits per heavy atom. The van der Waals surface area contributed by atoms with Gasteiger partial charge in [0.25, 0.3) is 5.91 Å². The van der Waals surface area contributed by atoms with Crippen LogP contribution in [0.2, 0.25) is 0 Å². The van der Waals surface area contributed by atoms with E-state index in [4.69, 9.17) is 10.5 Å². The zero-order valence-corrected chi connectivity index (χ0v) is 13.6. The third-order valence-electron chi connectivity index (χ3n) is 4.01. The first kappa shape index (κ1) is 16.8. The maximum absolute atomic E-state index is 12.5. The Labute approximate surface area is 133 Å². The van der Waals surface area contributed by atoms with Crippen molar-refractivity contribution in [2.75, 3.05) is 39.3 Å². The first-order valence-corrected chi connectivity index (χ1v) is 8.04. The van der Waals surface area contributed by atoms with Crippen molar-refractivity contribution >= 4 is 5.91 Å². The number of piperazine rings is 1. The lowest BCUT2D eigenvalue weighted by molar-refractivity contribution is -0.139. The van der Waals surface area contributed by atoms with Gasteiger partial charge >= 0.3 is 0 Å². The van der Waals surface area contributed by atoms with Crippen molar-refractivity contribution in [2.24, 2.45) is 5.73 Å². The highest BCUT2D eigenvalue weighted by atomic mass is 16.5. The molecule has 1 heterocycles. The standard InChI is InChI=1S/C17H27N3O2/c1-14-5-3-6-16(13-14)22-15(2)17(21)20-11-9-19(10-12-20)8-4-7-18/h3,5-6,13,15H,4,7-12,18H2,1-2H3. The molecule has 1 aromatic carbocycles. The van der Waals surface area contributed by atoms with Crippen LogP contribution in [0, 0.1) is 6.92 Å². The highest BCUT2D eigenvalue weighted by Gasteiger charge is 2.25. The molecule has 0 aromatic heterocycles. The van der Waals surface area contributed by atoms with E-state index in [0.29, 0.717) is 0 Å². The predicted octanol–water partition coefficient (Wildman–Crippen LogP) is 1.26. The molecule has 0 radical (unpaired) electrons. The third-order valence-corrected chi connectivity index (χ3v) is 4.01. The molecule has 2 rings (SSSR count). The molecule has 5 nitrogen and oxygen atoms in total. The monoisotopic (exact) mass is 305 g/mol. The van der Waals surface area contributed by atoms with E-state index in [9.17, 15) is 4.79 Å². The zero-order valence-electron chi connectivity index (χ0n) is 13.6. The Bertz CT molecular complexity index is 485. The first-order valence-electron chi connectivity index (χ1n) is 8.04. The molecule has 1 atom stereocenters. The van der Waals surface area contributed by atoms with Crippen molar-refractivity contribution in [3.05, 3.63) is 29.8 Å². The molecule has 0 aliphatic carbocycles. The van der Waals surface area contributed by atoms with Crippen LogP contribution < -0.4 is 10.5 Å². The summed E-state index contributed by atoms with van der Waals surface area (Å²) in [6.45, 7) is 8.96. The van der Waals surface area contributed by atoms with Crippen molar-refractivity contribution in [3.8, 4) is 5.75 Å². The SMILES string of the molecule is Cc1cccc(OC(C)C(=O)N2CCN(CCCN)CC2)c1. The first-order chi connectivity index (χ1) is 10.6. The van der Waals surface area contributed by atoms with Gasteiger partial charge in [-0.3, -0.25) is 9.69 Å². The molecule has 1 amide bonds. The smallest absolute Gasteiger partial charge is 0.263 e. The summed E-state index contributed by atoms with van der Waals surface area (Å²) in [7, 11) is 0. The van der Waals surface area contributed by atoms with Gasteiger partial charge in [-0.05, 0) is 51.1 Å². The normalized spacial score (nSPS) is 17.3. The van der Waals surface area contributed by atoms with Gasteiger partial charge in [0.05, 0.1) is 0 Å². The largest absolute Gasteiger partial charge is 0.481 e. The van der Waals surface area contributed by atoms with Gasteiger partial charge in [0.2, 0.25) is 0 Å². The van der Waals surface area contributed by atoms with Crippen molar-refractivity contribution in [3.63, 3.8) is 0 Å². The van der Waals surface area contributed by atoms with Gasteiger partial charge in [-0.15, -0.1) is 0 Å². The van der Waals surface area contributed by atoms with Crippen LogP contribution in [-0.4, -0.2) is 61.1 Å². The van der Waals surface area contributed by atoms with Crippen LogP contribution in [0.3, 0.4) is 0 Å². The molecule has 1 unspecified atom stereocenters. The number of benzene rings is 1. The van der Waals surface area contributed by atoms with Crippen molar-refractivity contribution in [1.82, 2.24) is 9.80 Å². The van der Waals surface area contributed by atoms with Gasteiger partial charge < -0.3 is 15.4 Å². The molecule has 1 aliphatic rings. The summed E-state index contributed by atoms with van der Waals surface area (Å²) >= 11 is 0. The van der Waals surface area contributed by atoms with E-state index in [2.05, 4.69) is 4.90 Å². The second-order valence-electron chi connectivity index (χ2n) is 5.89. The lowest BCUT2D eigenvalue weighted by atomic mass is 10.2.